The molecule has 0 radical (unpaired) electrons. The summed E-state index contributed by atoms with van der Waals surface area (Å²) in [4.78, 5) is 0. The summed E-state index contributed by atoms with van der Waals surface area (Å²) in [6, 6.07) is 2.10. The minimum atomic E-state index is 0.527. The van der Waals surface area contributed by atoms with E-state index in [1.54, 1.807) is 0 Å². The molecule has 1 rings (SSSR count). The van der Waals surface area contributed by atoms with Gasteiger partial charge in [-0.05, 0) is 32.4 Å². The lowest BCUT2D eigenvalue weighted by Crippen LogP contribution is -2.07. The first-order chi connectivity index (χ1) is 5.70. The molecule has 0 unspecified atom stereocenters. The van der Waals surface area contributed by atoms with Crippen molar-refractivity contribution in [3.8, 4) is 0 Å². The van der Waals surface area contributed by atoms with E-state index in [1.807, 2.05) is 0 Å². The Hall–Kier alpha value is -0.800. The molecule has 68 valence electrons. The van der Waals surface area contributed by atoms with Crippen molar-refractivity contribution >= 4 is 0 Å². The maximum Gasteiger partial charge on any atom is 0.0475 e. The van der Waals surface area contributed by atoms with Gasteiger partial charge in [0.1, 0.15) is 0 Å². The highest BCUT2D eigenvalue weighted by molar-refractivity contribution is 5.26. The molecule has 0 bridgehead atoms. The molecule has 1 aromatic rings. The molecule has 0 aliphatic rings. The summed E-state index contributed by atoms with van der Waals surface area (Å²) >= 11 is 0. The van der Waals surface area contributed by atoms with Gasteiger partial charge < -0.3 is 9.77 Å². The Morgan fingerprint density at radius 1 is 1.50 bits per heavy atom. The normalized spacial score (nSPS) is 10.7. The van der Waals surface area contributed by atoms with Crippen LogP contribution >= 0.6 is 0 Å². The van der Waals surface area contributed by atoms with Gasteiger partial charge in [0, 0.05) is 24.5 Å². The average molecular weight is 168 g/mol. The first kappa shape index (κ1) is 9.29. The Balaban J connectivity index is 3.00. The zero-order valence-electron chi connectivity index (χ0n) is 7.89. The Morgan fingerprint density at radius 3 is 2.58 bits per heavy atom. The quantitative estimate of drug-likeness (QED) is 0.673. The van der Waals surface area contributed by atoms with Crippen molar-refractivity contribution in [2.75, 3.05) is 0 Å². The lowest BCUT2D eigenvalue weighted by Gasteiger charge is -2.05. The van der Waals surface area contributed by atoms with Gasteiger partial charge in [-0.1, -0.05) is 0 Å². The molecule has 0 saturated carbocycles. The van der Waals surface area contributed by atoms with E-state index in [9.17, 15) is 0 Å². The van der Waals surface area contributed by atoms with Crippen LogP contribution in [0.25, 0.3) is 0 Å². The fourth-order valence-electron chi connectivity index (χ4n) is 1.62. The van der Waals surface area contributed by atoms with Crippen LogP contribution in [0.15, 0.2) is 6.07 Å². The Bertz CT molecular complexity index is 266. The van der Waals surface area contributed by atoms with Crippen molar-refractivity contribution in [1.29, 1.82) is 0 Å². The van der Waals surface area contributed by atoms with E-state index in [1.165, 1.54) is 11.4 Å². The van der Waals surface area contributed by atoms with Crippen LogP contribution in [0.1, 0.15) is 23.9 Å². The first-order valence-electron chi connectivity index (χ1n) is 4.23. The highest BCUT2D eigenvalue weighted by atomic mass is 16.5. The zero-order valence-corrected chi connectivity index (χ0v) is 7.89. The minimum Gasteiger partial charge on any atom is -0.349 e. The number of hydrogen-bond acceptors (Lipinski definition) is 2. The van der Waals surface area contributed by atoms with Gasteiger partial charge in [-0.25, -0.2) is 5.48 Å². The predicted octanol–water partition coefficient (Wildman–Crippen LogP) is 1.60. The summed E-state index contributed by atoms with van der Waals surface area (Å²) in [6.07, 6.45) is 0. The zero-order chi connectivity index (χ0) is 9.14. The third-order valence-electron chi connectivity index (χ3n) is 2.26. The van der Waals surface area contributed by atoms with Crippen molar-refractivity contribution in [2.45, 2.75) is 33.9 Å². The van der Waals surface area contributed by atoms with Gasteiger partial charge in [0.15, 0.2) is 0 Å². The maximum atomic E-state index is 8.56. The third kappa shape index (κ3) is 1.52. The molecule has 0 atom stereocenters. The van der Waals surface area contributed by atoms with Crippen molar-refractivity contribution < 1.29 is 5.21 Å². The Kier molecular flexibility index (Phi) is 2.89. The number of aryl methyl sites for hydroxylation is 1. The fraction of sp³-hybridized carbons (Fsp3) is 0.556. The Labute approximate surface area is 73.0 Å². The van der Waals surface area contributed by atoms with Crippen LogP contribution in [0.3, 0.4) is 0 Å². The SMILES string of the molecule is CCn1c(C)cc(CNO)c1C. The van der Waals surface area contributed by atoms with Crippen LogP contribution in [-0.4, -0.2) is 9.77 Å². The molecule has 0 aromatic carbocycles. The minimum absolute atomic E-state index is 0.527. The summed E-state index contributed by atoms with van der Waals surface area (Å²) in [5, 5.41) is 8.56. The van der Waals surface area contributed by atoms with Crippen LogP contribution in [0.4, 0.5) is 0 Å². The van der Waals surface area contributed by atoms with E-state index < -0.39 is 0 Å². The Morgan fingerprint density at radius 2 is 2.17 bits per heavy atom. The van der Waals surface area contributed by atoms with Crippen molar-refractivity contribution in [2.24, 2.45) is 0 Å². The molecule has 0 amide bonds. The molecule has 0 spiro atoms. The van der Waals surface area contributed by atoms with Crippen LogP contribution in [0.2, 0.25) is 0 Å². The van der Waals surface area contributed by atoms with Crippen molar-refractivity contribution in [3.05, 3.63) is 23.0 Å². The highest BCUT2D eigenvalue weighted by Crippen LogP contribution is 2.14. The maximum absolute atomic E-state index is 8.56. The summed E-state index contributed by atoms with van der Waals surface area (Å²) in [6.45, 7) is 7.79. The lowest BCUT2D eigenvalue weighted by atomic mass is 10.2. The van der Waals surface area contributed by atoms with E-state index in [0.717, 1.165) is 12.1 Å². The summed E-state index contributed by atoms with van der Waals surface area (Å²) in [5.41, 5.74) is 5.82. The van der Waals surface area contributed by atoms with Crippen LogP contribution < -0.4 is 5.48 Å². The third-order valence-corrected chi connectivity index (χ3v) is 2.26. The second-order valence-corrected chi connectivity index (χ2v) is 2.98. The van der Waals surface area contributed by atoms with E-state index >= 15 is 0 Å². The van der Waals surface area contributed by atoms with E-state index in [0.29, 0.717) is 6.54 Å². The second-order valence-electron chi connectivity index (χ2n) is 2.98. The van der Waals surface area contributed by atoms with Gasteiger partial charge in [-0.3, -0.25) is 0 Å². The van der Waals surface area contributed by atoms with Gasteiger partial charge in [-0.15, -0.1) is 0 Å². The van der Waals surface area contributed by atoms with Crippen LogP contribution in [0.5, 0.6) is 0 Å². The van der Waals surface area contributed by atoms with Gasteiger partial charge in [0.05, 0.1) is 0 Å². The van der Waals surface area contributed by atoms with Crippen LogP contribution in [0, 0.1) is 13.8 Å². The molecule has 0 saturated heterocycles. The fourth-order valence-corrected chi connectivity index (χ4v) is 1.62. The molecular weight excluding hydrogens is 152 g/mol. The average Bonchev–Trinajstić information content (AvgIpc) is 2.29. The van der Waals surface area contributed by atoms with Crippen molar-refractivity contribution in [1.82, 2.24) is 10.0 Å². The molecule has 0 aliphatic carbocycles. The summed E-state index contributed by atoms with van der Waals surface area (Å²) in [7, 11) is 0. The van der Waals surface area contributed by atoms with Gasteiger partial charge in [0.25, 0.3) is 0 Å². The summed E-state index contributed by atoms with van der Waals surface area (Å²) in [5.74, 6) is 0. The first-order valence-corrected chi connectivity index (χ1v) is 4.23. The largest absolute Gasteiger partial charge is 0.349 e. The molecular formula is C9H16N2O. The number of rotatable bonds is 3. The predicted molar refractivity (Wildman–Crippen MR) is 48.2 cm³/mol. The standard InChI is InChI=1S/C9H16N2O/c1-4-11-7(2)5-9(6-10-12)8(11)3/h5,10,12H,4,6H2,1-3H3. The number of nitrogens with one attached hydrogen (secondary N) is 1. The van der Waals surface area contributed by atoms with Crippen LogP contribution in [-0.2, 0) is 13.1 Å². The van der Waals surface area contributed by atoms with Gasteiger partial charge >= 0.3 is 0 Å². The molecule has 12 heavy (non-hydrogen) atoms. The topological polar surface area (TPSA) is 37.2 Å². The van der Waals surface area contributed by atoms with E-state index in [-0.39, 0.29) is 0 Å². The number of nitrogens with zero attached hydrogens (tertiary/aromatic N) is 1. The monoisotopic (exact) mass is 168 g/mol. The lowest BCUT2D eigenvalue weighted by molar-refractivity contribution is 0.161. The number of hydroxylamine groups is 1. The summed E-state index contributed by atoms with van der Waals surface area (Å²) < 4.78 is 2.23. The molecule has 3 nitrogen and oxygen atoms in total. The molecule has 1 aromatic heterocycles. The molecule has 2 N–H and O–H groups in total. The molecule has 3 heteroatoms. The van der Waals surface area contributed by atoms with E-state index in [2.05, 4.69) is 36.9 Å². The van der Waals surface area contributed by atoms with Gasteiger partial charge in [0.2, 0.25) is 0 Å². The van der Waals surface area contributed by atoms with Crippen molar-refractivity contribution in [3.63, 3.8) is 0 Å². The smallest absolute Gasteiger partial charge is 0.0475 e. The number of hydrogen-bond donors (Lipinski definition) is 2. The van der Waals surface area contributed by atoms with Gasteiger partial charge in [-0.2, -0.15) is 0 Å². The molecule has 0 fully saturated rings. The molecule has 1 heterocycles. The highest BCUT2D eigenvalue weighted by Gasteiger charge is 2.05. The number of aromatic nitrogens is 1. The second kappa shape index (κ2) is 3.74. The van der Waals surface area contributed by atoms with E-state index in [4.69, 9.17) is 5.21 Å². The molecule has 0 aliphatic heterocycles.